The Hall–Kier alpha value is -1.86. The highest BCUT2D eigenvalue weighted by atomic mass is 32.2. The van der Waals surface area contributed by atoms with Gasteiger partial charge in [-0.05, 0) is 31.2 Å². The van der Waals surface area contributed by atoms with Gasteiger partial charge < -0.3 is 5.11 Å². The van der Waals surface area contributed by atoms with Gasteiger partial charge in [-0.3, -0.25) is 0 Å². The molecule has 5 nitrogen and oxygen atoms in total. The van der Waals surface area contributed by atoms with Gasteiger partial charge in [-0.25, -0.2) is 8.42 Å². The van der Waals surface area contributed by atoms with Crippen molar-refractivity contribution >= 4 is 10.0 Å². The molecule has 0 bridgehead atoms. The lowest BCUT2D eigenvalue weighted by atomic mass is 10.2. The molecular weight excluding hydrogens is 288 g/mol. The second-order valence-electron chi connectivity index (χ2n) is 4.62. The predicted molar refractivity (Wildman–Crippen MR) is 79.6 cm³/mol. The molecule has 0 amide bonds. The highest BCUT2D eigenvalue weighted by molar-refractivity contribution is 7.89. The van der Waals surface area contributed by atoms with Crippen LogP contribution < -0.4 is 0 Å². The van der Waals surface area contributed by atoms with Gasteiger partial charge in [-0.2, -0.15) is 9.57 Å². The highest BCUT2D eigenvalue weighted by Gasteiger charge is 2.22. The van der Waals surface area contributed by atoms with Crippen LogP contribution in [0.2, 0.25) is 0 Å². The number of rotatable bonds is 5. The molecule has 1 atom stereocenters. The molecule has 1 unspecified atom stereocenters. The Labute approximate surface area is 125 Å². The van der Waals surface area contributed by atoms with Crippen molar-refractivity contribution in [3.05, 3.63) is 29.8 Å². The minimum Gasteiger partial charge on any atom is -0.395 e. The first-order chi connectivity index (χ1) is 9.91. The average molecular weight is 306 g/mol. The first kappa shape index (κ1) is 17.2. The van der Waals surface area contributed by atoms with E-state index in [-0.39, 0.29) is 24.0 Å². The quantitative estimate of drug-likeness (QED) is 0.829. The molecule has 0 spiro atoms. The Morgan fingerprint density at radius 2 is 1.95 bits per heavy atom. The van der Waals surface area contributed by atoms with Gasteiger partial charge in [-0.15, -0.1) is 0 Å². The largest absolute Gasteiger partial charge is 0.395 e. The maximum absolute atomic E-state index is 12.3. The van der Waals surface area contributed by atoms with E-state index in [9.17, 15) is 8.42 Å². The van der Waals surface area contributed by atoms with Crippen LogP contribution in [0.3, 0.4) is 0 Å². The summed E-state index contributed by atoms with van der Waals surface area (Å²) in [6.07, 6.45) is 0.384. The Bertz CT molecular complexity index is 664. The molecule has 0 aliphatic carbocycles. The minimum absolute atomic E-state index is 0.00132. The maximum atomic E-state index is 12.3. The van der Waals surface area contributed by atoms with Crippen LogP contribution in [0.15, 0.2) is 29.2 Å². The number of nitrogens with zero attached hydrogens (tertiary/aromatic N) is 2. The van der Waals surface area contributed by atoms with Gasteiger partial charge in [0.2, 0.25) is 10.0 Å². The number of hydrogen-bond donors (Lipinski definition) is 1. The van der Waals surface area contributed by atoms with Crippen LogP contribution >= 0.6 is 0 Å². The second kappa shape index (κ2) is 7.80. The average Bonchev–Trinajstić information content (AvgIpc) is 2.47. The smallest absolute Gasteiger partial charge is 0.242 e. The van der Waals surface area contributed by atoms with Gasteiger partial charge >= 0.3 is 0 Å². The van der Waals surface area contributed by atoms with Gasteiger partial charge in [0.25, 0.3) is 0 Å². The molecule has 112 valence electrons. The third-order valence-corrected chi connectivity index (χ3v) is 4.62. The zero-order valence-corrected chi connectivity index (χ0v) is 12.9. The number of aliphatic hydroxyl groups is 1. The van der Waals surface area contributed by atoms with E-state index in [0.29, 0.717) is 12.0 Å². The molecule has 1 aromatic carbocycles. The third kappa shape index (κ3) is 4.87. The van der Waals surface area contributed by atoms with Crippen molar-refractivity contribution < 1.29 is 13.5 Å². The summed E-state index contributed by atoms with van der Waals surface area (Å²) < 4.78 is 25.8. The van der Waals surface area contributed by atoms with Crippen LogP contribution in [0.1, 0.15) is 18.9 Å². The van der Waals surface area contributed by atoms with Crippen LogP contribution in [0.4, 0.5) is 0 Å². The van der Waals surface area contributed by atoms with Gasteiger partial charge in [0.05, 0.1) is 23.5 Å². The molecule has 21 heavy (non-hydrogen) atoms. The van der Waals surface area contributed by atoms with E-state index in [1.165, 1.54) is 23.5 Å². The van der Waals surface area contributed by atoms with E-state index < -0.39 is 10.0 Å². The monoisotopic (exact) mass is 306 g/mol. The van der Waals surface area contributed by atoms with Crippen LogP contribution in [0, 0.1) is 29.1 Å². The summed E-state index contributed by atoms with van der Waals surface area (Å²) in [5.41, 5.74) is 0.690. The Kier molecular flexibility index (Phi) is 6.39. The molecule has 1 rings (SSSR count). The normalized spacial score (nSPS) is 12.3. The van der Waals surface area contributed by atoms with E-state index in [1.807, 2.05) is 6.07 Å². The summed E-state index contributed by atoms with van der Waals surface area (Å²) in [7, 11) is -2.14. The van der Waals surface area contributed by atoms with Crippen molar-refractivity contribution in [2.45, 2.75) is 18.2 Å². The van der Waals surface area contributed by atoms with Gasteiger partial charge in [-0.1, -0.05) is 11.8 Å². The second-order valence-corrected chi connectivity index (χ2v) is 6.66. The molecule has 1 N–H and O–H groups in total. The lowest BCUT2D eigenvalue weighted by molar-refractivity contribution is 0.305. The lowest BCUT2D eigenvalue weighted by Gasteiger charge is -2.18. The summed E-state index contributed by atoms with van der Waals surface area (Å²) >= 11 is 0. The maximum Gasteiger partial charge on any atom is 0.242 e. The SMILES string of the molecule is CC(C#N)CN(C)S(=O)(=O)c1ccc(C#CCCO)cc1. The van der Waals surface area contributed by atoms with Crippen LogP contribution in [-0.2, 0) is 10.0 Å². The fraction of sp³-hybridized carbons (Fsp3) is 0.400. The van der Waals surface area contributed by atoms with Crippen molar-refractivity contribution in [1.29, 1.82) is 5.26 Å². The molecule has 0 saturated heterocycles. The molecule has 0 aromatic heterocycles. The number of aliphatic hydroxyl groups excluding tert-OH is 1. The molecule has 0 heterocycles. The van der Waals surface area contributed by atoms with Crippen LogP contribution in [0.25, 0.3) is 0 Å². The first-order valence-electron chi connectivity index (χ1n) is 6.47. The van der Waals surface area contributed by atoms with Gasteiger partial charge in [0.1, 0.15) is 0 Å². The lowest BCUT2D eigenvalue weighted by Crippen LogP contribution is -2.30. The topological polar surface area (TPSA) is 81.4 Å². The van der Waals surface area contributed by atoms with Crippen LogP contribution in [0.5, 0.6) is 0 Å². The molecule has 0 saturated carbocycles. The van der Waals surface area contributed by atoms with Crippen molar-refractivity contribution in [2.75, 3.05) is 20.2 Å². The summed E-state index contributed by atoms with van der Waals surface area (Å²) in [4.78, 5) is 0.169. The van der Waals surface area contributed by atoms with E-state index in [0.717, 1.165) is 0 Å². The molecule has 1 aromatic rings. The van der Waals surface area contributed by atoms with E-state index in [2.05, 4.69) is 11.8 Å². The van der Waals surface area contributed by atoms with Crippen LogP contribution in [-0.4, -0.2) is 38.0 Å². The number of benzene rings is 1. The van der Waals surface area contributed by atoms with E-state index in [4.69, 9.17) is 10.4 Å². The summed E-state index contributed by atoms with van der Waals surface area (Å²) in [5.74, 6) is 5.24. The Morgan fingerprint density at radius 1 is 1.33 bits per heavy atom. The van der Waals surface area contributed by atoms with Crippen molar-refractivity contribution in [2.24, 2.45) is 5.92 Å². The molecule has 0 aliphatic rings. The predicted octanol–water partition coefficient (Wildman–Crippen LogP) is 1.20. The molecular formula is C15H18N2O3S. The zero-order chi connectivity index (χ0) is 15.9. The summed E-state index contributed by atoms with van der Waals surface area (Å²) in [6, 6.07) is 8.24. The van der Waals surface area contributed by atoms with Crippen molar-refractivity contribution in [3.63, 3.8) is 0 Å². The summed E-state index contributed by atoms with van der Waals surface area (Å²) in [6.45, 7) is 1.82. The first-order valence-corrected chi connectivity index (χ1v) is 7.91. The standard InChI is InChI=1S/C15H18N2O3S/c1-13(11-16)12-17(2)21(19,20)15-8-6-14(7-9-15)5-3-4-10-18/h6-9,13,18H,4,10,12H2,1-2H3. The molecule has 0 radical (unpaired) electrons. The van der Waals surface area contributed by atoms with Gasteiger partial charge in [0.15, 0.2) is 0 Å². The number of sulfonamides is 1. The van der Waals surface area contributed by atoms with E-state index >= 15 is 0 Å². The van der Waals surface area contributed by atoms with Crippen molar-refractivity contribution in [3.8, 4) is 17.9 Å². The molecule has 0 aliphatic heterocycles. The number of hydrogen-bond acceptors (Lipinski definition) is 4. The Morgan fingerprint density at radius 3 is 2.48 bits per heavy atom. The zero-order valence-electron chi connectivity index (χ0n) is 12.1. The number of nitriles is 1. The minimum atomic E-state index is -3.59. The highest BCUT2D eigenvalue weighted by Crippen LogP contribution is 2.16. The Balaban J connectivity index is 2.91. The fourth-order valence-electron chi connectivity index (χ4n) is 1.64. The summed E-state index contributed by atoms with van der Waals surface area (Å²) in [5, 5.41) is 17.4. The fourth-order valence-corrected chi connectivity index (χ4v) is 2.90. The molecule has 0 fully saturated rings. The van der Waals surface area contributed by atoms with Crippen molar-refractivity contribution in [1.82, 2.24) is 4.31 Å². The van der Waals surface area contributed by atoms with E-state index in [1.54, 1.807) is 19.1 Å². The van der Waals surface area contributed by atoms with Gasteiger partial charge in [0, 0.05) is 25.6 Å². The third-order valence-electron chi connectivity index (χ3n) is 2.78. The molecule has 6 heteroatoms.